The van der Waals surface area contributed by atoms with Crippen molar-refractivity contribution in [1.82, 2.24) is 0 Å². The summed E-state index contributed by atoms with van der Waals surface area (Å²) in [7, 11) is 0. The summed E-state index contributed by atoms with van der Waals surface area (Å²) in [6, 6.07) is 0. The van der Waals surface area contributed by atoms with Crippen LogP contribution in [0.1, 0.15) is 46.5 Å². The molecule has 0 rings (SSSR count). The van der Waals surface area contributed by atoms with Gasteiger partial charge in [-0.05, 0) is 44.2 Å². The molecule has 0 aliphatic carbocycles. The zero-order valence-electron chi connectivity index (χ0n) is 11.3. The van der Waals surface area contributed by atoms with Crippen LogP contribution in [0.15, 0.2) is 0 Å². The first kappa shape index (κ1) is 18.2. The third-order valence-corrected chi connectivity index (χ3v) is 2.72. The van der Waals surface area contributed by atoms with Crippen LogP contribution in [-0.2, 0) is 0 Å². The summed E-state index contributed by atoms with van der Waals surface area (Å²) in [6.07, 6.45) is 4.40. The number of hydrogen-bond acceptors (Lipinski definition) is 4. The molecule has 0 aromatic carbocycles. The summed E-state index contributed by atoms with van der Waals surface area (Å²) in [5, 5.41) is 0. The van der Waals surface area contributed by atoms with E-state index < -0.39 is 0 Å². The lowest BCUT2D eigenvalue weighted by Crippen LogP contribution is -2.37. The average Bonchev–Trinajstić information content (AvgIpc) is 2.19. The molecule has 0 aromatic heterocycles. The molecule has 8 N–H and O–H groups in total. The standard InChI is InChI=1S/2C6H16N2/c1-6(2-4-7)3-5-8;1-3-4-5(2)6(7)8/h6H,2-5,7-8H2,1H3;5-6H,3-4,7-8H2,1-2H3. The van der Waals surface area contributed by atoms with Crippen molar-refractivity contribution >= 4 is 0 Å². The highest BCUT2D eigenvalue weighted by atomic mass is 14.9. The van der Waals surface area contributed by atoms with Gasteiger partial charge < -0.3 is 22.9 Å². The van der Waals surface area contributed by atoms with Gasteiger partial charge >= 0.3 is 0 Å². The first-order valence-corrected chi connectivity index (χ1v) is 6.40. The van der Waals surface area contributed by atoms with E-state index >= 15 is 0 Å². The third kappa shape index (κ3) is 13.8. The van der Waals surface area contributed by atoms with Crippen molar-refractivity contribution in [2.75, 3.05) is 13.1 Å². The second kappa shape index (κ2) is 12.9. The Bertz CT molecular complexity index is 122. The van der Waals surface area contributed by atoms with Gasteiger partial charge in [0.15, 0.2) is 0 Å². The van der Waals surface area contributed by atoms with Crippen molar-refractivity contribution in [3.05, 3.63) is 0 Å². The number of hydrogen-bond donors (Lipinski definition) is 4. The predicted molar refractivity (Wildman–Crippen MR) is 72.7 cm³/mol. The Morgan fingerprint density at radius 2 is 1.31 bits per heavy atom. The maximum Gasteiger partial charge on any atom is 0.0547 e. The van der Waals surface area contributed by atoms with Crippen LogP contribution in [0.2, 0.25) is 0 Å². The van der Waals surface area contributed by atoms with E-state index in [0.717, 1.165) is 32.4 Å². The van der Waals surface area contributed by atoms with E-state index in [1.807, 2.05) is 0 Å². The van der Waals surface area contributed by atoms with Gasteiger partial charge in [-0.3, -0.25) is 0 Å². The highest BCUT2D eigenvalue weighted by molar-refractivity contribution is 4.60. The minimum Gasteiger partial charge on any atom is -0.330 e. The molecule has 0 aliphatic rings. The van der Waals surface area contributed by atoms with Crippen molar-refractivity contribution in [1.29, 1.82) is 0 Å². The molecule has 0 saturated heterocycles. The fourth-order valence-corrected chi connectivity index (χ4v) is 1.36. The fraction of sp³-hybridized carbons (Fsp3) is 1.00. The lowest BCUT2D eigenvalue weighted by Gasteiger charge is -2.12. The summed E-state index contributed by atoms with van der Waals surface area (Å²) >= 11 is 0. The topological polar surface area (TPSA) is 104 Å². The molecule has 1 atom stereocenters. The molecule has 0 aliphatic heterocycles. The van der Waals surface area contributed by atoms with Crippen LogP contribution >= 0.6 is 0 Å². The van der Waals surface area contributed by atoms with Crippen molar-refractivity contribution < 1.29 is 0 Å². The highest BCUT2D eigenvalue weighted by Gasteiger charge is 2.04. The molecule has 0 bridgehead atoms. The van der Waals surface area contributed by atoms with Crippen molar-refractivity contribution in [3.63, 3.8) is 0 Å². The van der Waals surface area contributed by atoms with Gasteiger partial charge in [0.05, 0.1) is 6.17 Å². The smallest absolute Gasteiger partial charge is 0.0547 e. The lowest BCUT2D eigenvalue weighted by atomic mass is 10.0. The molecule has 1 unspecified atom stereocenters. The van der Waals surface area contributed by atoms with Gasteiger partial charge in [0, 0.05) is 0 Å². The molecule has 4 nitrogen and oxygen atoms in total. The summed E-state index contributed by atoms with van der Waals surface area (Å²) in [4.78, 5) is 0. The highest BCUT2D eigenvalue weighted by Crippen LogP contribution is 2.04. The van der Waals surface area contributed by atoms with Crippen LogP contribution in [0.4, 0.5) is 0 Å². The second-order valence-corrected chi connectivity index (χ2v) is 4.60. The Morgan fingerprint density at radius 3 is 1.50 bits per heavy atom. The second-order valence-electron chi connectivity index (χ2n) is 4.60. The molecule has 0 heterocycles. The molecule has 100 valence electrons. The van der Waals surface area contributed by atoms with Crippen LogP contribution in [0.5, 0.6) is 0 Å². The summed E-state index contributed by atoms with van der Waals surface area (Å²) < 4.78 is 0. The Morgan fingerprint density at radius 1 is 0.875 bits per heavy atom. The average molecular weight is 232 g/mol. The van der Waals surface area contributed by atoms with Gasteiger partial charge in [-0.1, -0.05) is 27.2 Å². The van der Waals surface area contributed by atoms with Gasteiger partial charge in [-0.25, -0.2) is 0 Å². The van der Waals surface area contributed by atoms with Crippen LogP contribution in [-0.4, -0.2) is 19.3 Å². The van der Waals surface area contributed by atoms with Gasteiger partial charge in [-0.15, -0.1) is 0 Å². The zero-order valence-corrected chi connectivity index (χ0v) is 11.3. The van der Waals surface area contributed by atoms with E-state index in [2.05, 4.69) is 20.8 Å². The van der Waals surface area contributed by atoms with Gasteiger partial charge in [0.1, 0.15) is 0 Å². The van der Waals surface area contributed by atoms with Crippen LogP contribution in [0.25, 0.3) is 0 Å². The van der Waals surface area contributed by atoms with E-state index in [-0.39, 0.29) is 6.17 Å². The molecule has 0 radical (unpaired) electrons. The largest absolute Gasteiger partial charge is 0.330 e. The quantitative estimate of drug-likeness (QED) is 0.491. The molecule has 0 aromatic rings. The van der Waals surface area contributed by atoms with Gasteiger partial charge in [-0.2, -0.15) is 0 Å². The van der Waals surface area contributed by atoms with Gasteiger partial charge in [0.2, 0.25) is 0 Å². The van der Waals surface area contributed by atoms with E-state index in [1.54, 1.807) is 0 Å². The predicted octanol–water partition coefficient (Wildman–Crippen LogP) is 0.986. The van der Waals surface area contributed by atoms with Gasteiger partial charge in [0.25, 0.3) is 0 Å². The third-order valence-electron chi connectivity index (χ3n) is 2.72. The van der Waals surface area contributed by atoms with Crippen LogP contribution < -0.4 is 22.9 Å². The molecule has 0 spiro atoms. The molecular weight excluding hydrogens is 200 g/mol. The maximum absolute atomic E-state index is 5.40. The summed E-state index contributed by atoms with van der Waals surface area (Å²) in [5.41, 5.74) is 21.4. The van der Waals surface area contributed by atoms with E-state index in [1.165, 1.54) is 6.42 Å². The summed E-state index contributed by atoms with van der Waals surface area (Å²) in [5.74, 6) is 1.19. The van der Waals surface area contributed by atoms with Crippen molar-refractivity contribution in [2.24, 2.45) is 34.8 Å². The Balaban J connectivity index is 0. The number of nitrogens with two attached hydrogens (primary N) is 4. The van der Waals surface area contributed by atoms with E-state index in [9.17, 15) is 0 Å². The maximum atomic E-state index is 5.40. The Labute approximate surface area is 101 Å². The van der Waals surface area contributed by atoms with Crippen LogP contribution in [0, 0.1) is 11.8 Å². The molecule has 16 heavy (non-hydrogen) atoms. The number of rotatable bonds is 7. The minimum atomic E-state index is -0.130. The van der Waals surface area contributed by atoms with Crippen molar-refractivity contribution in [3.8, 4) is 0 Å². The Kier molecular flexibility index (Phi) is 14.7. The molecular formula is C12H32N4. The summed E-state index contributed by atoms with van der Waals surface area (Å²) in [6.45, 7) is 7.98. The van der Waals surface area contributed by atoms with E-state index in [0.29, 0.717) is 11.8 Å². The zero-order chi connectivity index (χ0) is 13.0. The Hall–Kier alpha value is -0.160. The molecule has 0 saturated carbocycles. The van der Waals surface area contributed by atoms with Crippen LogP contribution in [0.3, 0.4) is 0 Å². The van der Waals surface area contributed by atoms with E-state index in [4.69, 9.17) is 22.9 Å². The fourth-order valence-electron chi connectivity index (χ4n) is 1.36. The SMILES string of the molecule is CC(CCN)CCN.CCCC(C)C(N)N. The molecule has 0 amide bonds. The molecule has 0 fully saturated rings. The lowest BCUT2D eigenvalue weighted by molar-refractivity contribution is 0.432. The monoisotopic (exact) mass is 232 g/mol. The minimum absolute atomic E-state index is 0.130. The normalized spacial score (nSPS) is 12.6. The molecule has 4 heteroatoms. The first-order chi connectivity index (χ1) is 7.49. The first-order valence-electron chi connectivity index (χ1n) is 6.40. The van der Waals surface area contributed by atoms with Crippen molar-refractivity contribution in [2.45, 2.75) is 52.6 Å².